The monoisotopic (exact) mass is 338 g/mol. The Bertz CT molecular complexity index is 822. The van der Waals surface area contributed by atoms with Crippen molar-refractivity contribution in [3.05, 3.63) is 83.4 Å². The zero-order valence-corrected chi connectivity index (χ0v) is 13.5. The van der Waals surface area contributed by atoms with Crippen LogP contribution in [0.5, 0.6) is 0 Å². The van der Waals surface area contributed by atoms with Crippen LogP contribution >= 0.6 is 11.6 Å². The normalized spacial score (nSPS) is 10.2. The number of anilines is 2. The van der Waals surface area contributed by atoms with Gasteiger partial charge in [-0.05, 0) is 48.5 Å². The summed E-state index contributed by atoms with van der Waals surface area (Å²) in [5.74, 6) is -0.250. The second-order valence-electron chi connectivity index (χ2n) is 5.07. The second-order valence-corrected chi connectivity index (χ2v) is 5.50. The van der Waals surface area contributed by atoms with Crippen LogP contribution in [0.3, 0.4) is 0 Å². The minimum Gasteiger partial charge on any atom is -0.355 e. The number of hydrogen-bond donors (Lipinski definition) is 2. The van der Waals surface area contributed by atoms with Gasteiger partial charge in [0, 0.05) is 28.8 Å². The molecule has 1 aromatic carbocycles. The fourth-order valence-corrected chi connectivity index (χ4v) is 2.22. The third-order valence-corrected chi connectivity index (χ3v) is 3.53. The average Bonchev–Trinajstić information content (AvgIpc) is 2.63. The SMILES string of the molecule is O=C(NCc1ccccn1)c1cc(Nc2ccc(Cl)cc2)ccn1. The van der Waals surface area contributed by atoms with Crippen LogP contribution in [0.25, 0.3) is 0 Å². The molecular formula is C18H15ClN4O. The maximum absolute atomic E-state index is 12.2. The van der Waals surface area contributed by atoms with Crippen LogP contribution in [0.15, 0.2) is 67.0 Å². The Morgan fingerprint density at radius 1 is 0.958 bits per heavy atom. The van der Waals surface area contributed by atoms with Gasteiger partial charge in [-0.2, -0.15) is 0 Å². The molecule has 0 bridgehead atoms. The summed E-state index contributed by atoms with van der Waals surface area (Å²) in [6.07, 6.45) is 3.28. The zero-order valence-electron chi connectivity index (χ0n) is 12.7. The fourth-order valence-electron chi connectivity index (χ4n) is 2.10. The summed E-state index contributed by atoms with van der Waals surface area (Å²) in [7, 11) is 0. The van der Waals surface area contributed by atoms with Crippen molar-refractivity contribution in [3.8, 4) is 0 Å². The lowest BCUT2D eigenvalue weighted by Gasteiger charge is -2.08. The summed E-state index contributed by atoms with van der Waals surface area (Å²) in [6.45, 7) is 0.357. The molecule has 0 aliphatic heterocycles. The zero-order chi connectivity index (χ0) is 16.8. The molecule has 5 nitrogen and oxygen atoms in total. The summed E-state index contributed by atoms with van der Waals surface area (Å²) in [4.78, 5) is 20.5. The Morgan fingerprint density at radius 3 is 2.54 bits per heavy atom. The highest BCUT2D eigenvalue weighted by Gasteiger charge is 2.08. The molecule has 0 saturated heterocycles. The van der Waals surface area contributed by atoms with Crippen LogP contribution in [0.2, 0.25) is 5.02 Å². The largest absolute Gasteiger partial charge is 0.355 e. The summed E-state index contributed by atoms with van der Waals surface area (Å²) < 4.78 is 0. The molecule has 0 fully saturated rings. The Kier molecular flexibility index (Phi) is 5.03. The first-order chi connectivity index (χ1) is 11.7. The van der Waals surface area contributed by atoms with E-state index in [2.05, 4.69) is 20.6 Å². The standard InChI is InChI=1S/C18H15ClN4O/c19-13-4-6-14(7-5-13)23-15-8-10-21-17(11-15)18(24)22-12-16-3-1-2-9-20-16/h1-11H,12H2,(H,21,23)(H,22,24). The van der Waals surface area contributed by atoms with Crippen molar-refractivity contribution in [2.75, 3.05) is 5.32 Å². The lowest BCUT2D eigenvalue weighted by molar-refractivity contribution is 0.0945. The first-order valence-corrected chi connectivity index (χ1v) is 7.75. The number of benzene rings is 1. The van der Waals surface area contributed by atoms with Crippen molar-refractivity contribution >= 4 is 28.9 Å². The topological polar surface area (TPSA) is 66.9 Å². The van der Waals surface area contributed by atoms with Crippen molar-refractivity contribution in [1.29, 1.82) is 0 Å². The number of carbonyl (C=O) groups is 1. The van der Waals surface area contributed by atoms with E-state index in [1.54, 1.807) is 36.7 Å². The van der Waals surface area contributed by atoms with Crippen LogP contribution in [-0.2, 0) is 6.54 Å². The molecule has 0 saturated carbocycles. The Hall–Kier alpha value is -2.92. The number of carbonyl (C=O) groups excluding carboxylic acids is 1. The summed E-state index contributed by atoms with van der Waals surface area (Å²) in [6, 6.07) is 16.4. The van der Waals surface area contributed by atoms with Gasteiger partial charge in [0.05, 0.1) is 12.2 Å². The summed E-state index contributed by atoms with van der Waals surface area (Å²) in [5, 5.41) is 6.68. The van der Waals surface area contributed by atoms with E-state index in [4.69, 9.17) is 11.6 Å². The maximum atomic E-state index is 12.2. The molecule has 0 radical (unpaired) electrons. The van der Waals surface area contributed by atoms with Crippen LogP contribution in [0.1, 0.15) is 16.2 Å². The minimum atomic E-state index is -0.250. The van der Waals surface area contributed by atoms with E-state index in [0.717, 1.165) is 17.1 Å². The lowest BCUT2D eigenvalue weighted by atomic mass is 10.2. The molecule has 3 rings (SSSR count). The van der Waals surface area contributed by atoms with Crippen molar-refractivity contribution in [1.82, 2.24) is 15.3 Å². The highest BCUT2D eigenvalue weighted by molar-refractivity contribution is 6.30. The first kappa shape index (κ1) is 16.0. The molecule has 0 atom stereocenters. The van der Waals surface area contributed by atoms with Gasteiger partial charge in [-0.15, -0.1) is 0 Å². The molecule has 2 N–H and O–H groups in total. The molecule has 0 aliphatic rings. The predicted molar refractivity (Wildman–Crippen MR) is 94.4 cm³/mol. The molecular weight excluding hydrogens is 324 g/mol. The van der Waals surface area contributed by atoms with Gasteiger partial charge in [0.15, 0.2) is 0 Å². The van der Waals surface area contributed by atoms with E-state index in [0.29, 0.717) is 17.3 Å². The highest BCUT2D eigenvalue weighted by atomic mass is 35.5. The molecule has 0 unspecified atom stereocenters. The second kappa shape index (κ2) is 7.57. The first-order valence-electron chi connectivity index (χ1n) is 7.37. The molecule has 2 aromatic heterocycles. The van der Waals surface area contributed by atoms with E-state index >= 15 is 0 Å². The van der Waals surface area contributed by atoms with Crippen LogP contribution < -0.4 is 10.6 Å². The molecule has 6 heteroatoms. The number of aromatic nitrogens is 2. The van der Waals surface area contributed by atoms with Gasteiger partial charge in [-0.1, -0.05) is 17.7 Å². The quantitative estimate of drug-likeness (QED) is 0.742. The molecule has 0 aliphatic carbocycles. The Morgan fingerprint density at radius 2 is 1.79 bits per heavy atom. The van der Waals surface area contributed by atoms with E-state index in [9.17, 15) is 4.79 Å². The number of rotatable bonds is 5. The summed E-state index contributed by atoms with van der Waals surface area (Å²) in [5.41, 5.74) is 2.78. The van der Waals surface area contributed by atoms with E-state index in [1.807, 2.05) is 30.3 Å². The fraction of sp³-hybridized carbons (Fsp3) is 0.0556. The number of hydrogen-bond acceptors (Lipinski definition) is 4. The number of halogens is 1. The van der Waals surface area contributed by atoms with Crippen LogP contribution in [0, 0.1) is 0 Å². The highest BCUT2D eigenvalue weighted by Crippen LogP contribution is 2.19. The minimum absolute atomic E-state index is 0.250. The Balaban J connectivity index is 1.65. The third-order valence-electron chi connectivity index (χ3n) is 3.28. The maximum Gasteiger partial charge on any atom is 0.270 e. The number of amides is 1. The number of nitrogens with one attached hydrogen (secondary N) is 2. The smallest absolute Gasteiger partial charge is 0.270 e. The van der Waals surface area contributed by atoms with Gasteiger partial charge in [-0.25, -0.2) is 0 Å². The van der Waals surface area contributed by atoms with Crippen molar-refractivity contribution < 1.29 is 4.79 Å². The van der Waals surface area contributed by atoms with Crippen molar-refractivity contribution in [2.45, 2.75) is 6.54 Å². The van der Waals surface area contributed by atoms with Gasteiger partial charge >= 0.3 is 0 Å². The van der Waals surface area contributed by atoms with Gasteiger partial charge < -0.3 is 10.6 Å². The average molecular weight is 339 g/mol. The molecule has 3 aromatic rings. The van der Waals surface area contributed by atoms with E-state index in [1.165, 1.54) is 0 Å². The predicted octanol–water partition coefficient (Wildman–Crippen LogP) is 3.80. The Labute approximate surface area is 144 Å². The summed E-state index contributed by atoms with van der Waals surface area (Å²) >= 11 is 5.87. The number of pyridine rings is 2. The molecule has 1 amide bonds. The van der Waals surface area contributed by atoms with Crippen LogP contribution in [0.4, 0.5) is 11.4 Å². The van der Waals surface area contributed by atoms with E-state index in [-0.39, 0.29) is 5.91 Å². The van der Waals surface area contributed by atoms with Crippen molar-refractivity contribution in [3.63, 3.8) is 0 Å². The third kappa shape index (κ3) is 4.30. The molecule has 0 spiro atoms. The molecule has 120 valence electrons. The van der Waals surface area contributed by atoms with Gasteiger partial charge in [0.2, 0.25) is 0 Å². The molecule has 24 heavy (non-hydrogen) atoms. The van der Waals surface area contributed by atoms with Gasteiger partial charge in [0.25, 0.3) is 5.91 Å². The molecule has 2 heterocycles. The van der Waals surface area contributed by atoms with Gasteiger partial charge in [-0.3, -0.25) is 14.8 Å². The van der Waals surface area contributed by atoms with Crippen LogP contribution in [-0.4, -0.2) is 15.9 Å². The van der Waals surface area contributed by atoms with Crippen molar-refractivity contribution in [2.24, 2.45) is 0 Å². The lowest BCUT2D eigenvalue weighted by Crippen LogP contribution is -2.24. The van der Waals surface area contributed by atoms with E-state index < -0.39 is 0 Å². The van der Waals surface area contributed by atoms with Gasteiger partial charge in [0.1, 0.15) is 5.69 Å². The number of nitrogens with zero attached hydrogens (tertiary/aromatic N) is 2.